The van der Waals surface area contributed by atoms with E-state index in [0.717, 1.165) is 20.9 Å². The van der Waals surface area contributed by atoms with Gasteiger partial charge in [-0.1, -0.05) is 62.7 Å². The molecule has 0 heterocycles. The molecule has 0 unspecified atom stereocenters. The second-order valence-corrected chi connectivity index (χ2v) is 5.85. The Morgan fingerprint density at radius 2 is 2.05 bits per heavy atom. The van der Waals surface area contributed by atoms with Crippen molar-refractivity contribution in [2.24, 2.45) is 0 Å². The van der Waals surface area contributed by atoms with Crippen molar-refractivity contribution in [3.8, 4) is 5.75 Å². The summed E-state index contributed by atoms with van der Waals surface area (Å²) in [7, 11) is 1.58. The van der Waals surface area contributed by atoms with Gasteiger partial charge in [0.25, 0.3) is 0 Å². The lowest BCUT2D eigenvalue weighted by Crippen LogP contribution is -2.03. The molecular weight excluding hydrogens is 396 g/mol. The van der Waals surface area contributed by atoms with E-state index >= 15 is 0 Å². The van der Waals surface area contributed by atoms with Gasteiger partial charge in [-0.25, -0.2) is 0 Å². The first-order valence-corrected chi connectivity index (χ1v) is 8.21. The number of hydrogen-bond acceptors (Lipinski definition) is 2. The van der Waals surface area contributed by atoms with Crippen LogP contribution >= 0.6 is 31.9 Å². The molecular formula is C17H14Br2O2. The number of rotatable bonds is 5. The van der Waals surface area contributed by atoms with Crippen LogP contribution < -0.4 is 4.74 Å². The van der Waals surface area contributed by atoms with E-state index in [9.17, 15) is 4.79 Å². The first-order chi connectivity index (χ1) is 10.1. The Morgan fingerprint density at radius 1 is 1.29 bits per heavy atom. The SMILES string of the molecule is C=Cc1ccc(C(=O)c2ccc(CBr)cc2Br)cc1OC. The Bertz CT molecular complexity index is 693. The molecule has 2 aromatic rings. The molecule has 0 amide bonds. The zero-order chi connectivity index (χ0) is 15.4. The van der Waals surface area contributed by atoms with E-state index < -0.39 is 0 Å². The summed E-state index contributed by atoms with van der Waals surface area (Å²) in [6.45, 7) is 3.73. The molecule has 0 aliphatic heterocycles. The third kappa shape index (κ3) is 3.44. The van der Waals surface area contributed by atoms with Gasteiger partial charge < -0.3 is 4.74 Å². The van der Waals surface area contributed by atoms with Crippen molar-refractivity contribution in [1.29, 1.82) is 0 Å². The number of carbonyl (C=O) groups excluding carboxylic acids is 1. The Labute approximate surface area is 141 Å². The number of ketones is 1. The molecule has 0 fully saturated rings. The lowest BCUT2D eigenvalue weighted by molar-refractivity contribution is 0.103. The van der Waals surface area contributed by atoms with E-state index in [0.29, 0.717) is 16.9 Å². The normalized spacial score (nSPS) is 10.2. The minimum Gasteiger partial charge on any atom is -0.496 e. The summed E-state index contributed by atoms with van der Waals surface area (Å²) in [5.41, 5.74) is 3.19. The van der Waals surface area contributed by atoms with Crippen LogP contribution in [0.5, 0.6) is 5.75 Å². The molecule has 2 nitrogen and oxygen atoms in total. The van der Waals surface area contributed by atoms with Crippen molar-refractivity contribution in [3.63, 3.8) is 0 Å². The third-order valence-electron chi connectivity index (χ3n) is 3.15. The van der Waals surface area contributed by atoms with E-state index in [-0.39, 0.29) is 5.78 Å². The van der Waals surface area contributed by atoms with E-state index in [4.69, 9.17) is 4.74 Å². The van der Waals surface area contributed by atoms with Gasteiger partial charge in [0.15, 0.2) is 5.78 Å². The number of carbonyl (C=O) groups is 1. The molecule has 4 heteroatoms. The maximum Gasteiger partial charge on any atom is 0.194 e. The van der Waals surface area contributed by atoms with Crippen LogP contribution in [0.1, 0.15) is 27.0 Å². The second-order valence-electron chi connectivity index (χ2n) is 4.44. The number of halogens is 2. The largest absolute Gasteiger partial charge is 0.496 e. The topological polar surface area (TPSA) is 26.3 Å². The highest BCUT2D eigenvalue weighted by Gasteiger charge is 2.14. The molecule has 2 rings (SSSR count). The van der Waals surface area contributed by atoms with Crippen LogP contribution in [0.4, 0.5) is 0 Å². The molecule has 0 atom stereocenters. The molecule has 108 valence electrons. The summed E-state index contributed by atoms with van der Waals surface area (Å²) in [5, 5.41) is 0.752. The highest BCUT2D eigenvalue weighted by Crippen LogP contribution is 2.26. The van der Waals surface area contributed by atoms with Gasteiger partial charge in [-0.05, 0) is 23.8 Å². The molecule has 0 radical (unpaired) electrons. The van der Waals surface area contributed by atoms with Gasteiger partial charge in [-0.15, -0.1) is 0 Å². The van der Waals surface area contributed by atoms with Gasteiger partial charge in [-0.3, -0.25) is 4.79 Å². The van der Waals surface area contributed by atoms with Crippen LogP contribution in [0.3, 0.4) is 0 Å². The summed E-state index contributed by atoms with van der Waals surface area (Å²) >= 11 is 6.86. The van der Waals surface area contributed by atoms with Gasteiger partial charge in [0.2, 0.25) is 0 Å². The lowest BCUT2D eigenvalue weighted by atomic mass is 10.0. The number of methoxy groups -OCH3 is 1. The van der Waals surface area contributed by atoms with Gasteiger partial charge in [0.05, 0.1) is 7.11 Å². The Balaban J connectivity index is 2.42. The van der Waals surface area contributed by atoms with E-state index in [1.165, 1.54) is 0 Å². The third-order valence-corrected chi connectivity index (χ3v) is 4.45. The van der Waals surface area contributed by atoms with Gasteiger partial charge in [0.1, 0.15) is 5.75 Å². The van der Waals surface area contributed by atoms with Crippen molar-refractivity contribution >= 4 is 43.7 Å². The predicted octanol–water partition coefficient (Wildman–Crippen LogP) is 5.23. The summed E-state index contributed by atoms with van der Waals surface area (Å²) in [5.74, 6) is 0.598. The Hall–Kier alpha value is -1.39. The number of hydrogen-bond donors (Lipinski definition) is 0. The van der Waals surface area contributed by atoms with Gasteiger partial charge in [0, 0.05) is 26.5 Å². The van der Waals surface area contributed by atoms with Crippen molar-refractivity contribution in [2.75, 3.05) is 7.11 Å². The molecule has 0 bridgehead atoms. The monoisotopic (exact) mass is 408 g/mol. The maximum absolute atomic E-state index is 12.6. The molecule has 2 aromatic carbocycles. The fourth-order valence-electron chi connectivity index (χ4n) is 2.00. The maximum atomic E-state index is 12.6. The zero-order valence-corrected chi connectivity index (χ0v) is 14.7. The van der Waals surface area contributed by atoms with Crippen molar-refractivity contribution in [2.45, 2.75) is 5.33 Å². The molecule has 0 aromatic heterocycles. The average Bonchev–Trinajstić information content (AvgIpc) is 2.53. The molecule has 0 N–H and O–H groups in total. The van der Waals surface area contributed by atoms with Crippen molar-refractivity contribution in [3.05, 3.63) is 69.7 Å². The van der Waals surface area contributed by atoms with Crippen LogP contribution in [0.2, 0.25) is 0 Å². The summed E-state index contributed by atoms with van der Waals surface area (Å²) in [4.78, 5) is 12.6. The van der Waals surface area contributed by atoms with Gasteiger partial charge in [-0.2, -0.15) is 0 Å². The first-order valence-electron chi connectivity index (χ1n) is 6.30. The second kappa shape index (κ2) is 7.05. The summed E-state index contributed by atoms with van der Waals surface area (Å²) in [6, 6.07) is 11.1. The molecule has 0 saturated heterocycles. The minimum atomic E-state index is -0.0445. The van der Waals surface area contributed by atoms with Crippen molar-refractivity contribution < 1.29 is 9.53 Å². The zero-order valence-electron chi connectivity index (χ0n) is 11.5. The summed E-state index contributed by atoms with van der Waals surface area (Å²) < 4.78 is 6.08. The van der Waals surface area contributed by atoms with E-state index in [2.05, 4.69) is 38.4 Å². The van der Waals surface area contributed by atoms with Crippen LogP contribution in [-0.2, 0) is 5.33 Å². The summed E-state index contributed by atoms with van der Waals surface area (Å²) in [6.07, 6.45) is 1.70. The molecule has 0 aliphatic carbocycles. The Morgan fingerprint density at radius 3 is 2.62 bits per heavy atom. The standard InChI is InChI=1S/C17H14Br2O2/c1-3-12-5-6-13(9-16(12)21-2)17(20)14-7-4-11(10-18)8-15(14)19/h3-9H,1,10H2,2H3. The van der Waals surface area contributed by atoms with Crippen LogP contribution in [0.15, 0.2) is 47.4 Å². The minimum absolute atomic E-state index is 0.0445. The van der Waals surface area contributed by atoms with Crippen molar-refractivity contribution in [1.82, 2.24) is 0 Å². The molecule has 0 aliphatic rings. The molecule has 21 heavy (non-hydrogen) atoms. The van der Waals surface area contributed by atoms with Crippen LogP contribution in [0.25, 0.3) is 6.08 Å². The molecule has 0 spiro atoms. The van der Waals surface area contributed by atoms with Crippen LogP contribution in [-0.4, -0.2) is 12.9 Å². The highest BCUT2D eigenvalue weighted by molar-refractivity contribution is 9.10. The average molecular weight is 410 g/mol. The number of ether oxygens (including phenoxy) is 1. The fourth-order valence-corrected chi connectivity index (χ4v) is 2.96. The van der Waals surface area contributed by atoms with Crippen LogP contribution in [0, 0.1) is 0 Å². The number of benzene rings is 2. The molecule has 0 saturated carbocycles. The Kier molecular flexibility index (Phi) is 5.37. The fraction of sp³-hybridized carbons (Fsp3) is 0.118. The van der Waals surface area contributed by atoms with E-state index in [1.807, 2.05) is 24.3 Å². The highest BCUT2D eigenvalue weighted by atomic mass is 79.9. The number of alkyl halides is 1. The smallest absolute Gasteiger partial charge is 0.194 e. The lowest BCUT2D eigenvalue weighted by Gasteiger charge is -2.09. The predicted molar refractivity (Wildman–Crippen MR) is 93.3 cm³/mol. The van der Waals surface area contributed by atoms with Gasteiger partial charge >= 0.3 is 0 Å². The van der Waals surface area contributed by atoms with E-state index in [1.54, 1.807) is 25.3 Å². The first kappa shape index (κ1) is 16.0. The quantitative estimate of drug-likeness (QED) is 0.499.